The molecular weight excluding hydrogens is 208 g/mol. The number of aromatic nitrogens is 1. The fraction of sp³-hybridized carbons (Fsp3) is 0.455. The number of aryl methyl sites for hydroxylation is 1. The zero-order chi connectivity index (χ0) is 12.5. The van der Waals surface area contributed by atoms with Gasteiger partial charge in [-0.25, -0.2) is 4.79 Å². The summed E-state index contributed by atoms with van der Waals surface area (Å²) in [5.74, 6) is -1.10. The number of nitrogens with zero attached hydrogens (tertiary/aromatic N) is 1. The van der Waals surface area contributed by atoms with Crippen molar-refractivity contribution in [2.75, 3.05) is 20.6 Å². The SMILES string of the molecule is Cc1[nH]c(C(=O)CN(C)C)c(C)c1C(=O)O. The zero-order valence-corrected chi connectivity index (χ0v) is 9.92. The Hall–Kier alpha value is -1.62. The van der Waals surface area contributed by atoms with Crippen LogP contribution in [0.4, 0.5) is 0 Å². The van der Waals surface area contributed by atoms with Gasteiger partial charge in [0.1, 0.15) is 0 Å². The Morgan fingerprint density at radius 3 is 2.25 bits per heavy atom. The first kappa shape index (κ1) is 12.4. The average molecular weight is 224 g/mol. The first-order valence-electron chi connectivity index (χ1n) is 4.95. The van der Waals surface area contributed by atoms with E-state index in [1.165, 1.54) is 0 Å². The number of carbonyl (C=O) groups excluding carboxylic acids is 1. The molecule has 1 aromatic rings. The molecule has 1 rings (SSSR count). The third-order valence-corrected chi connectivity index (χ3v) is 2.39. The van der Waals surface area contributed by atoms with Crippen molar-refractivity contribution < 1.29 is 14.7 Å². The molecule has 2 N–H and O–H groups in total. The van der Waals surface area contributed by atoms with Crippen LogP contribution in [0.25, 0.3) is 0 Å². The van der Waals surface area contributed by atoms with Gasteiger partial charge < -0.3 is 15.0 Å². The van der Waals surface area contributed by atoms with Crippen LogP contribution in [0.15, 0.2) is 0 Å². The fourth-order valence-electron chi connectivity index (χ4n) is 1.72. The van der Waals surface area contributed by atoms with Crippen LogP contribution in [0.3, 0.4) is 0 Å². The molecule has 88 valence electrons. The number of carboxylic acids is 1. The lowest BCUT2D eigenvalue weighted by molar-refractivity contribution is 0.0695. The second-order valence-electron chi connectivity index (χ2n) is 4.09. The van der Waals surface area contributed by atoms with Gasteiger partial charge in [0.2, 0.25) is 0 Å². The Morgan fingerprint density at radius 2 is 1.88 bits per heavy atom. The van der Waals surface area contributed by atoms with E-state index in [2.05, 4.69) is 4.98 Å². The lowest BCUT2D eigenvalue weighted by Gasteiger charge is -2.07. The summed E-state index contributed by atoms with van der Waals surface area (Å²) in [5, 5.41) is 8.98. The van der Waals surface area contributed by atoms with E-state index in [0.29, 0.717) is 17.0 Å². The standard InChI is InChI=1S/C11H16N2O3/c1-6-9(11(15)16)7(2)12-10(6)8(14)5-13(3)4/h12H,5H2,1-4H3,(H,15,16). The van der Waals surface area contributed by atoms with Crippen LogP contribution in [0, 0.1) is 13.8 Å². The van der Waals surface area contributed by atoms with E-state index < -0.39 is 5.97 Å². The highest BCUT2D eigenvalue weighted by Gasteiger charge is 2.21. The van der Waals surface area contributed by atoms with E-state index in [-0.39, 0.29) is 17.9 Å². The highest BCUT2D eigenvalue weighted by molar-refractivity contribution is 6.01. The van der Waals surface area contributed by atoms with Crippen LogP contribution in [-0.2, 0) is 0 Å². The monoisotopic (exact) mass is 224 g/mol. The molecule has 1 heterocycles. The van der Waals surface area contributed by atoms with Gasteiger partial charge in [0.25, 0.3) is 0 Å². The summed E-state index contributed by atoms with van der Waals surface area (Å²) in [5.41, 5.74) is 1.62. The third kappa shape index (κ3) is 2.30. The zero-order valence-electron chi connectivity index (χ0n) is 9.92. The molecule has 0 aliphatic carbocycles. The van der Waals surface area contributed by atoms with Crippen molar-refractivity contribution in [3.05, 3.63) is 22.5 Å². The predicted octanol–water partition coefficient (Wildman–Crippen LogP) is 1.07. The van der Waals surface area contributed by atoms with E-state index in [9.17, 15) is 9.59 Å². The summed E-state index contributed by atoms with van der Waals surface area (Å²) < 4.78 is 0. The third-order valence-electron chi connectivity index (χ3n) is 2.39. The van der Waals surface area contributed by atoms with Gasteiger partial charge in [-0.1, -0.05) is 0 Å². The lowest BCUT2D eigenvalue weighted by Crippen LogP contribution is -2.22. The highest BCUT2D eigenvalue weighted by atomic mass is 16.4. The molecule has 0 radical (unpaired) electrons. The Labute approximate surface area is 94.1 Å². The van der Waals surface area contributed by atoms with Gasteiger partial charge in [0, 0.05) is 5.69 Å². The number of carboxylic acid groups (broad SMARTS) is 1. The van der Waals surface area contributed by atoms with E-state index in [1.807, 2.05) is 0 Å². The van der Waals surface area contributed by atoms with E-state index in [0.717, 1.165) is 0 Å². The minimum Gasteiger partial charge on any atom is -0.478 e. The maximum atomic E-state index is 11.8. The van der Waals surface area contributed by atoms with Crippen molar-refractivity contribution >= 4 is 11.8 Å². The minimum absolute atomic E-state index is 0.0990. The summed E-state index contributed by atoms with van der Waals surface area (Å²) in [6.07, 6.45) is 0. The number of aromatic carboxylic acids is 1. The summed E-state index contributed by atoms with van der Waals surface area (Å²) in [7, 11) is 3.59. The van der Waals surface area contributed by atoms with Gasteiger partial charge >= 0.3 is 5.97 Å². The number of nitrogens with one attached hydrogen (secondary N) is 1. The normalized spacial score (nSPS) is 10.8. The molecule has 0 aromatic carbocycles. The van der Waals surface area contributed by atoms with Crippen molar-refractivity contribution in [3.8, 4) is 0 Å². The number of ketones is 1. The molecule has 1 aromatic heterocycles. The minimum atomic E-state index is -1.00. The van der Waals surface area contributed by atoms with E-state index in [4.69, 9.17) is 5.11 Å². The molecule has 16 heavy (non-hydrogen) atoms. The largest absolute Gasteiger partial charge is 0.478 e. The smallest absolute Gasteiger partial charge is 0.337 e. The number of hydrogen-bond donors (Lipinski definition) is 2. The second kappa shape index (κ2) is 4.49. The van der Waals surface area contributed by atoms with Crippen LogP contribution in [0.1, 0.15) is 32.1 Å². The number of hydrogen-bond acceptors (Lipinski definition) is 3. The average Bonchev–Trinajstić information content (AvgIpc) is 2.40. The van der Waals surface area contributed by atoms with Crippen LogP contribution >= 0.6 is 0 Å². The van der Waals surface area contributed by atoms with Gasteiger partial charge in [-0.3, -0.25) is 4.79 Å². The molecule has 0 bridgehead atoms. The topological polar surface area (TPSA) is 73.4 Å². The number of likely N-dealkylation sites (N-methyl/N-ethyl adjacent to an activating group) is 1. The van der Waals surface area contributed by atoms with Crippen molar-refractivity contribution in [1.29, 1.82) is 0 Å². The Kier molecular flexibility index (Phi) is 3.49. The fourth-order valence-corrected chi connectivity index (χ4v) is 1.72. The van der Waals surface area contributed by atoms with Gasteiger partial charge in [0.05, 0.1) is 17.8 Å². The van der Waals surface area contributed by atoms with Crippen molar-refractivity contribution in [2.45, 2.75) is 13.8 Å². The molecular formula is C11H16N2O3. The van der Waals surface area contributed by atoms with E-state index in [1.54, 1.807) is 32.8 Å². The van der Waals surface area contributed by atoms with Gasteiger partial charge in [-0.05, 0) is 33.5 Å². The Bertz CT molecular complexity index is 433. The quantitative estimate of drug-likeness (QED) is 0.750. The maximum absolute atomic E-state index is 11.8. The summed E-state index contributed by atoms with van der Waals surface area (Å²) in [4.78, 5) is 27.3. The highest BCUT2D eigenvalue weighted by Crippen LogP contribution is 2.18. The summed E-state index contributed by atoms with van der Waals surface area (Å²) >= 11 is 0. The molecule has 0 saturated heterocycles. The maximum Gasteiger partial charge on any atom is 0.337 e. The number of rotatable bonds is 4. The molecule has 5 heteroatoms. The molecule has 0 amide bonds. The molecule has 0 fully saturated rings. The summed E-state index contributed by atoms with van der Waals surface area (Å²) in [6, 6.07) is 0. The van der Waals surface area contributed by atoms with Gasteiger partial charge in [0.15, 0.2) is 5.78 Å². The number of aromatic amines is 1. The van der Waals surface area contributed by atoms with Gasteiger partial charge in [-0.2, -0.15) is 0 Å². The van der Waals surface area contributed by atoms with Crippen molar-refractivity contribution in [3.63, 3.8) is 0 Å². The molecule has 5 nitrogen and oxygen atoms in total. The second-order valence-corrected chi connectivity index (χ2v) is 4.09. The summed E-state index contributed by atoms with van der Waals surface area (Å²) in [6.45, 7) is 3.57. The number of H-pyrrole nitrogens is 1. The molecule has 0 spiro atoms. The molecule has 0 atom stereocenters. The Morgan fingerprint density at radius 1 is 1.31 bits per heavy atom. The van der Waals surface area contributed by atoms with Crippen molar-refractivity contribution in [2.24, 2.45) is 0 Å². The first-order chi connectivity index (χ1) is 7.34. The van der Waals surface area contributed by atoms with Crippen LogP contribution in [0.5, 0.6) is 0 Å². The van der Waals surface area contributed by atoms with Gasteiger partial charge in [-0.15, -0.1) is 0 Å². The van der Waals surface area contributed by atoms with Crippen LogP contribution in [-0.4, -0.2) is 47.4 Å². The molecule has 0 aliphatic rings. The van der Waals surface area contributed by atoms with E-state index >= 15 is 0 Å². The molecule has 0 saturated carbocycles. The predicted molar refractivity (Wildman–Crippen MR) is 60.1 cm³/mol. The Balaban J connectivity index is 3.12. The van der Waals surface area contributed by atoms with Crippen LogP contribution < -0.4 is 0 Å². The molecule has 0 aliphatic heterocycles. The number of Topliss-reactive ketones (excluding diaryl/α,β-unsaturated/α-hetero) is 1. The molecule has 0 unspecified atom stereocenters. The number of carbonyl (C=O) groups is 2. The first-order valence-corrected chi connectivity index (χ1v) is 4.95. The van der Waals surface area contributed by atoms with Crippen LogP contribution in [0.2, 0.25) is 0 Å². The lowest BCUT2D eigenvalue weighted by atomic mass is 10.1. The van der Waals surface area contributed by atoms with Crippen molar-refractivity contribution in [1.82, 2.24) is 9.88 Å².